The molecule has 256 valence electrons. The third kappa shape index (κ3) is 9.89. The number of hydrogen-bond donors (Lipinski definition) is 3. The molecule has 0 aliphatic carbocycles. The molecule has 0 saturated carbocycles. The molecule has 1 amide bonds. The van der Waals surface area contributed by atoms with Gasteiger partial charge in [0.2, 0.25) is 5.91 Å². The molecule has 0 aromatic heterocycles. The fourth-order valence-electron chi connectivity index (χ4n) is 6.70. The van der Waals surface area contributed by atoms with Crippen molar-refractivity contribution >= 4 is 23.9 Å². The number of nitrogens with zero attached hydrogens (tertiary/aromatic N) is 2. The number of allylic oxidation sites excluding steroid dienone is 1. The van der Waals surface area contributed by atoms with Crippen molar-refractivity contribution in [3.05, 3.63) is 12.2 Å². The fourth-order valence-corrected chi connectivity index (χ4v) is 6.70. The zero-order valence-corrected chi connectivity index (χ0v) is 28.3. The normalized spacial score (nSPS) is 42.7. The van der Waals surface area contributed by atoms with Crippen LogP contribution in [-0.2, 0) is 33.3 Å². The standard InChI is InChI=1S/C33H55N3O9/c1-10-27-21(5)31-33(7,45-31)13-11-25(38)18(2)15-23(12-14-34-35-22(6)37)30(20(4)26(39)17-28(40)43-27)44-32-29(41)24(36(8)9)16-19(3)42-32/h11,13-14,18-21,23-24,26-27,29-32,39,41H,10,12,15-17H2,1-9H3,(H,35,37)/b13-11+,34-14+. The van der Waals surface area contributed by atoms with Crippen LogP contribution in [0.2, 0.25) is 0 Å². The van der Waals surface area contributed by atoms with Gasteiger partial charge in [-0.3, -0.25) is 14.4 Å². The Morgan fingerprint density at radius 3 is 2.49 bits per heavy atom. The van der Waals surface area contributed by atoms with Crippen LogP contribution in [0.15, 0.2) is 17.3 Å². The van der Waals surface area contributed by atoms with Crippen LogP contribution < -0.4 is 5.43 Å². The summed E-state index contributed by atoms with van der Waals surface area (Å²) in [7, 11) is 3.77. The van der Waals surface area contributed by atoms with Crippen LogP contribution in [0, 0.1) is 23.7 Å². The number of rotatable bonds is 7. The minimum atomic E-state index is -1.16. The number of epoxide rings is 1. The van der Waals surface area contributed by atoms with Gasteiger partial charge in [0.25, 0.3) is 0 Å². The van der Waals surface area contributed by atoms with Gasteiger partial charge in [0, 0.05) is 36.9 Å². The number of aliphatic hydroxyl groups is 2. The second-order valence-corrected chi connectivity index (χ2v) is 13.7. The number of nitrogens with one attached hydrogen (secondary N) is 1. The number of amides is 1. The highest BCUT2D eigenvalue weighted by Crippen LogP contribution is 2.45. The van der Waals surface area contributed by atoms with Crippen molar-refractivity contribution in [2.45, 2.75) is 135 Å². The van der Waals surface area contributed by atoms with Crippen LogP contribution in [0.3, 0.4) is 0 Å². The van der Waals surface area contributed by atoms with Gasteiger partial charge in [-0.2, -0.15) is 5.10 Å². The molecule has 0 aromatic rings. The van der Waals surface area contributed by atoms with E-state index in [1.54, 1.807) is 25.3 Å². The maximum Gasteiger partial charge on any atom is 0.308 e. The molecule has 3 aliphatic heterocycles. The van der Waals surface area contributed by atoms with Gasteiger partial charge in [0.15, 0.2) is 12.1 Å². The largest absolute Gasteiger partial charge is 0.462 e. The molecule has 12 heteroatoms. The maximum absolute atomic E-state index is 13.4. The predicted octanol–water partition coefficient (Wildman–Crippen LogP) is 2.59. The maximum atomic E-state index is 13.4. The summed E-state index contributed by atoms with van der Waals surface area (Å²) in [5.74, 6) is -2.57. The van der Waals surface area contributed by atoms with E-state index in [2.05, 4.69) is 10.5 Å². The number of ether oxygens (including phenoxy) is 4. The Hall–Kier alpha value is -2.22. The number of hydrogen-bond acceptors (Lipinski definition) is 11. The number of carbonyl (C=O) groups excluding carboxylic acids is 3. The lowest BCUT2D eigenvalue weighted by Gasteiger charge is -2.44. The summed E-state index contributed by atoms with van der Waals surface area (Å²) in [5.41, 5.74) is 1.75. The molecule has 0 aromatic carbocycles. The summed E-state index contributed by atoms with van der Waals surface area (Å²) in [6, 6.07) is -0.228. The molecule has 0 spiro atoms. The lowest BCUT2D eigenvalue weighted by Crippen LogP contribution is -2.56. The van der Waals surface area contributed by atoms with E-state index in [0.717, 1.165) is 0 Å². The highest BCUT2D eigenvalue weighted by molar-refractivity contribution is 5.91. The first-order valence-electron chi connectivity index (χ1n) is 16.3. The second-order valence-electron chi connectivity index (χ2n) is 13.7. The Labute approximate surface area is 267 Å². The molecule has 2 fully saturated rings. The number of ketones is 1. The summed E-state index contributed by atoms with van der Waals surface area (Å²) in [6.45, 7) is 12.7. The Morgan fingerprint density at radius 2 is 1.87 bits per heavy atom. The Morgan fingerprint density at radius 1 is 1.18 bits per heavy atom. The molecule has 45 heavy (non-hydrogen) atoms. The Kier molecular flexibility index (Phi) is 13.3. The average Bonchev–Trinajstić information content (AvgIpc) is 3.65. The van der Waals surface area contributed by atoms with Crippen LogP contribution in [0.1, 0.15) is 80.6 Å². The summed E-state index contributed by atoms with van der Waals surface area (Å²) in [6.07, 6.45) is 1.63. The number of fused-ring (bicyclic) bond motifs is 1. The summed E-state index contributed by atoms with van der Waals surface area (Å²) >= 11 is 0. The number of hydrazone groups is 1. The summed E-state index contributed by atoms with van der Waals surface area (Å²) in [5, 5.41) is 26.7. The van der Waals surface area contributed by atoms with Crippen molar-refractivity contribution in [2.75, 3.05) is 14.1 Å². The fraction of sp³-hybridized carbons (Fsp3) is 0.818. The third-order valence-electron chi connectivity index (χ3n) is 9.61. The quantitative estimate of drug-likeness (QED) is 0.164. The van der Waals surface area contributed by atoms with Gasteiger partial charge < -0.3 is 34.1 Å². The number of carbonyl (C=O) groups is 3. The number of esters is 1. The van der Waals surface area contributed by atoms with Crippen molar-refractivity contribution in [2.24, 2.45) is 28.8 Å². The van der Waals surface area contributed by atoms with Gasteiger partial charge >= 0.3 is 5.97 Å². The first-order chi connectivity index (χ1) is 21.1. The van der Waals surface area contributed by atoms with Crippen molar-refractivity contribution < 1.29 is 43.5 Å². The molecule has 3 heterocycles. The topological polar surface area (TPSA) is 160 Å². The average molecular weight is 638 g/mol. The van der Waals surface area contributed by atoms with Gasteiger partial charge in [0.05, 0.1) is 30.8 Å². The molecular weight excluding hydrogens is 582 g/mol. The van der Waals surface area contributed by atoms with Gasteiger partial charge in [-0.1, -0.05) is 27.7 Å². The van der Waals surface area contributed by atoms with Crippen LogP contribution in [0.4, 0.5) is 0 Å². The third-order valence-corrected chi connectivity index (χ3v) is 9.61. The van der Waals surface area contributed by atoms with Crippen LogP contribution in [-0.4, -0.2) is 108 Å². The first kappa shape index (κ1) is 37.2. The van der Waals surface area contributed by atoms with E-state index in [4.69, 9.17) is 18.9 Å². The molecular formula is C33H55N3O9. The highest BCUT2D eigenvalue weighted by Gasteiger charge is 2.55. The summed E-state index contributed by atoms with van der Waals surface area (Å²) in [4.78, 5) is 39.9. The molecule has 2 saturated heterocycles. The van der Waals surface area contributed by atoms with Crippen molar-refractivity contribution in [3.8, 4) is 0 Å². The first-order valence-corrected chi connectivity index (χ1v) is 16.3. The molecule has 13 unspecified atom stereocenters. The number of cyclic esters (lactones) is 1. The lowest BCUT2D eigenvalue weighted by molar-refractivity contribution is -0.282. The van der Waals surface area contributed by atoms with E-state index >= 15 is 0 Å². The smallest absolute Gasteiger partial charge is 0.308 e. The second kappa shape index (κ2) is 16.1. The van der Waals surface area contributed by atoms with Gasteiger partial charge in [0.1, 0.15) is 17.8 Å². The molecule has 12 nitrogen and oxygen atoms in total. The minimum Gasteiger partial charge on any atom is -0.462 e. The van der Waals surface area contributed by atoms with Crippen molar-refractivity contribution in [1.29, 1.82) is 0 Å². The molecule has 3 N–H and O–H groups in total. The number of aliphatic hydroxyl groups excluding tert-OH is 2. The van der Waals surface area contributed by atoms with Gasteiger partial charge in [-0.25, -0.2) is 5.43 Å². The van der Waals surface area contributed by atoms with Gasteiger partial charge in [-0.05, 0) is 71.7 Å². The summed E-state index contributed by atoms with van der Waals surface area (Å²) < 4.78 is 24.5. The van der Waals surface area contributed by atoms with E-state index in [9.17, 15) is 24.6 Å². The number of likely N-dealkylation sites (N-methyl/N-ethyl adjacent to an activating group) is 1. The van der Waals surface area contributed by atoms with E-state index in [-0.39, 0.29) is 48.7 Å². The van der Waals surface area contributed by atoms with E-state index < -0.39 is 60.0 Å². The van der Waals surface area contributed by atoms with E-state index in [0.29, 0.717) is 19.3 Å². The van der Waals surface area contributed by atoms with Crippen LogP contribution >= 0.6 is 0 Å². The zero-order chi connectivity index (χ0) is 33.6. The monoisotopic (exact) mass is 637 g/mol. The van der Waals surface area contributed by atoms with Crippen molar-refractivity contribution in [3.63, 3.8) is 0 Å². The molecule has 3 rings (SSSR count). The van der Waals surface area contributed by atoms with E-state index in [1.807, 2.05) is 53.6 Å². The predicted molar refractivity (Wildman–Crippen MR) is 168 cm³/mol. The minimum absolute atomic E-state index is 0.0883. The van der Waals surface area contributed by atoms with Gasteiger partial charge in [-0.15, -0.1) is 0 Å². The van der Waals surface area contributed by atoms with E-state index in [1.165, 1.54) is 6.92 Å². The molecule has 0 radical (unpaired) electrons. The van der Waals surface area contributed by atoms with Crippen LogP contribution in [0.25, 0.3) is 0 Å². The molecule has 13 atom stereocenters. The van der Waals surface area contributed by atoms with Crippen LogP contribution in [0.5, 0.6) is 0 Å². The Balaban J connectivity index is 2.01. The molecule has 3 aliphatic rings. The SMILES string of the molecule is CCC1OC(=O)CC(O)C(C)C(OC2OC(C)CC(N(C)C)C2O)C(C/C=N/NC(C)=O)CC(C)C(=O)/C=C/C2(C)OC2C1C. The molecule has 0 bridgehead atoms. The zero-order valence-electron chi connectivity index (χ0n) is 28.3. The Bertz CT molecular complexity index is 1080. The lowest BCUT2D eigenvalue weighted by atomic mass is 9.79. The van der Waals surface area contributed by atoms with Crippen molar-refractivity contribution in [1.82, 2.24) is 10.3 Å². The highest BCUT2D eigenvalue weighted by atomic mass is 16.7.